The fourth-order valence-corrected chi connectivity index (χ4v) is 6.19. The number of aliphatic hydroxyl groups excluding tert-OH is 1. The summed E-state index contributed by atoms with van der Waals surface area (Å²) in [7, 11) is 5.79. The van der Waals surface area contributed by atoms with E-state index in [0.717, 1.165) is 43.0 Å². The highest BCUT2D eigenvalue weighted by Gasteiger charge is 2.31. The first kappa shape index (κ1) is 38.6. The summed E-state index contributed by atoms with van der Waals surface area (Å²) in [6, 6.07) is 17.6. The minimum absolute atomic E-state index is 0.0585. The van der Waals surface area contributed by atoms with Gasteiger partial charge in [0, 0.05) is 50.2 Å². The van der Waals surface area contributed by atoms with Crippen molar-refractivity contribution in [3.8, 4) is 5.75 Å². The van der Waals surface area contributed by atoms with E-state index in [4.69, 9.17) is 9.47 Å². The van der Waals surface area contributed by atoms with Crippen molar-refractivity contribution in [2.24, 2.45) is 5.92 Å². The van der Waals surface area contributed by atoms with Gasteiger partial charge in [0.25, 0.3) is 5.91 Å². The van der Waals surface area contributed by atoms with Crippen LogP contribution < -0.4 is 15.4 Å². The Labute approximate surface area is 296 Å². The molecule has 4 rings (SSSR count). The second-order valence-corrected chi connectivity index (χ2v) is 13.8. The summed E-state index contributed by atoms with van der Waals surface area (Å²) in [6.07, 6.45) is 3.18. The van der Waals surface area contributed by atoms with Crippen LogP contribution in [0.4, 0.5) is 16.2 Å². The zero-order chi connectivity index (χ0) is 36.2. The van der Waals surface area contributed by atoms with Gasteiger partial charge in [-0.1, -0.05) is 43.3 Å². The molecule has 50 heavy (non-hydrogen) atoms. The summed E-state index contributed by atoms with van der Waals surface area (Å²) >= 11 is 0. The van der Waals surface area contributed by atoms with Gasteiger partial charge >= 0.3 is 6.03 Å². The zero-order valence-electron chi connectivity index (χ0n) is 30.5. The maximum atomic E-state index is 14.4. The first-order valence-corrected chi connectivity index (χ1v) is 17.7. The Bertz CT molecular complexity index is 1580. The quantitative estimate of drug-likeness (QED) is 0.236. The molecule has 11 heteroatoms. The molecule has 0 aliphatic carbocycles. The molecule has 0 radical (unpaired) electrons. The van der Waals surface area contributed by atoms with E-state index in [9.17, 15) is 19.5 Å². The normalized spacial score (nSPS) is 19.6. The smallest absolute Gasteiger partial charge is 0.323 e. The van der Waals surface area contributed by atoms with E-state index in [-0.39, 0.29) is 48.7 Å². The van der Waals surface area contributed by atoms with Crippen molar-refractivity contribution < 1.29 is 29.0 Å². The minimum Gasteiger partial charge on any atom is -0.490 e. The Morgan fingerprint density at radius 1 is 1.02 bits per heavy atom. The molecular weight excluding hydrogens is 634 g/mol. The van der Waals surface area contributed by atoms with Crippen LogP contribution in [0, 0.1) is 5.92 Å². The number of urea groups is 1. The second kappa shape index (κ2) is 18.7. The molecule has 4 amide bonds. The van der Waals surface area contributed by atoms with Crippen molar-refractivity contribution in [1.82, 2.24) is 14.7 Å². The monoisotopic (exact) mass is 689 g/mol. The molecular formula is C39H55N5O6. The van der Waals surface area contributed by atoms with Crippen LogP contribution in [0.5, 0.6) is 5.75 Å². The molecule has 3 N–H and O–H groups in total. The number of anilines is 2. The van der Waals surface area contributed by atoms with Crippen LogP contribution in [-0.2, 0) is 9.53 Å². The number of nitrogens with zero attached hydrogens (tertiary/aromatic N) is 3. The molecule has 0 saturated heterocycles. The molecule has 3 aromatic carbocycles. The predicted molar refractivity (Wildman–Crippen MR) is 199 cm³/mol. The fraction of sp³-hybridized carbons (Fsp3) is 0.513. The summed E-state index contributed by atoms with van der Waals surface area (Å²) in [5, 5.41) is 18.0. The Hall–Kier alpha value is -4.19. The van der Waals surface area contributed by atoms with E-state index in [1.54, 1.807) is 42.0 Å². The van der Waals surface area contributed by atoms with E-state index in [1.165, 1.54) is 0 Å². The lowest BCUT2D eigenvalue weighted by atomic mass is 10.0. The standard InChI is InChI=1S/C39H55N5O6/c1-27-24-44(28(2)26-45)38(47)33-23-31(40-39(48)41-34-17-11-15-30-14-7-8-16-32(30)34)19-20-35(33)50-29(3)13-9-10-22-49-36(27)25-43(6)37(46)18-12-21-42(4)5/h7-8,11,14-17,19-20,23,27-29,36,45H,9-10,12-13,18,21-22,24-26H2,1-6H3,(H2,40,41,48)/t27-,28-,29-,36+/m0/s1. The lowest BCUT2D eigenvalue weighted by molar-refractivity contribution is -0.132. The SMILES string of the molecule is C[C@H]1CCCCO[C@H](CN(C)C(=O)CCCN(C)C)[C@@H](C)CN([C@@H](C)CO)C(=O)c2cc(NC(=O)Nc3cccc4ccccc34)ccc2O1. The number of fused-ring (bicyclic) bond motifs is 2. The highest BCUT2D eigenvalue weighted by Crippen LogP contribution is 2.29. The van der Waals surface area contributed by atoms with Gasteiger partial charge in [-0.3, -0.25) is 9.59 Å². The van der Waals surface area contributed by atoms with Crippen LogP contribution in [0.2, 0.25) is 0 Å². The van der Waals surface area contributed by atoms with E-state index in [1.807, 2.05) is 70.4 Å². The van der Waals surface area contributed by atoms with Crippen LogP contribution in [0.1, 0.15) is 63.2 Å². The third-order valence-electron chi connectivity index (χ3n) is 9.22. The molecule has 1 aliphatic heterocycles. The van der Waals surface area contributed by atoms with Gasteiger partial charge in [0.05, 0.1) is 36.1 Å². The van der Waals surface area contributed by atoms with Crippen molar-refractivity contribution in [2.45, 2.75) is 71.1 Å². The van der Waals surface area contributed by atoms with E-state index in [0.29, 0.717) is 36.7 Å². The van der Waals surface area contributed by atoms with Crippen molar-refractivity contribution in [1.29, 1.82) is 0 Å². The molecule has 0 bridgehead atoms. The zero-order valence-corrected chi connectivity index (χ0v) is 30.5. The summed E-state index contributed by atoms with van der Waals surface area (Å²) in [6.45, 7) is 7.58. The number of benzene rings is 3. The van der Waals surface area contributed by atoms with Crippen molar-refractivity contribution in [3.63, 3.8) is 0 Å². The molecule has 272 valence electrons. The predicted octanol–water partition coefficient (Wildman–Crippen LogP) is 6.08. The molecule has 0 spiro atoms. The second-order valence-electron chi connectivity index (χ2n) is 13.8. The van der Waals surface area contributed by atoms with Crippen LogP contribution in [0.3, 0.4) is 0 Å². The summed E-state index contributed by atoms with van der Waals surface area (Å²) in [5.41, 5.74) is 1.38. The number of likely N-dealkylation sites (N-methyl/N-ethyl adjacent to an activating group) is 1. The summed E-state index contributed by atoms with van der Waals surface area (Å²) < 4.78 is 12.7. The van der Waals surface area contributed by atoms with Gasteiger partial charge in [0.1, 0.15) is 5.75 Å². The molecule has 1 aliphatic rings. The van der Waals surface area contributed by atoms with Crippen LogP contribution >= 0.6 is 0 Å². The van der Waals surface area contributed by atoms with Gasteiger partial charge in [-0.25, -0.2) is 4.79 Å². The molecule has 1 heterocycles. The van der Waals surface area contributed by atoms with Crippen LogP contribution in [0.25, 0.3) is 10.8 Å². The molecule has 11 nitrogen and oxygen atoms in total. The number of amides is 4. The number of carbonyl (C=O) groups is 3. The number of hydrogen-bond acceptors (Lipinski definition) is 7. The first-order chi connectivity index (χ1) is 24.0. The van der Waals surface area contributed by atoms with Crippen LogP contribution in [-0.4, -0.2) is 110 Å². The molecule has 0 saturated carbocycles. The van der Waals surface area contributed by atoms with Crippen LogP contribution in [0.15, 0.2) is 60.7 Å². The summed E-state index contributed by atoms with van der Waals surface area (Å²) in [4.78, 5) is 46.1. The number of rotatable bonds is 10. The Balaban J connectivity index is 1.58. The van der Waals surface area contributed by atoms with Crippen molar-refractivity contribution >= 4 is 40.0 Å². The van der Waals surface area contributed by atoms with Gasteiger partial charge in [0.15, 0.2) is 0 Å². The average molecular weight is 690 g/mol. The van der Waals surface area contributed by atoms with Gasteiger partial charge in [0.2, 0.25) is 5.91 Å². The molecule has 0 fully saturated rings. The topological polar surface area (TPSA) is 124 Å². The van der Waals surface area contributed by atoms with E-state index in [2.05, 4.69) is 15.5 Å². The van der Waals surface area contributed by atoms with Gasteiger partial charge < -0.3 is 39.9 Å². The first-order valence-electron chi connectivity index (χ1n) is 17.7. The maximum absolute atomic E-state index is 14.4. The average Bonchev–Trinajstić information content (AvgIpc) is 3.09. The molecule has 3 aromatic rings. The van der Waals surface area contributed by atoms with Crippen molar-refractivity contribution in [3.05, 3.63) is 66.2 Å². The Kier molecular flexibility index (Phi) is 14.4. The minimum atomic E-state index is -0.513. The highest BCUT2D eigenvalue weighted by molar-refractivity contribution is 6.07. The maximum Gasteiger partial charge on any atom is 0.323 e. The van der Waals surface area contributed by atoms with Gasteiger partial charge in [-0.05, 0) is 89.8 Å². The van der Waals surface area contributed by atoms with Gasteiger partial charge in [-0.2, -0.15) is 0 Å². The van der Waals surface area contributed by atoms with Gasteiger partial charge in [-0.15, -0.1) is 0 Å². The third kappa shape index (κ3) is 10.9. The molecule has 0 aromatic heterocycles. The lowest BCUT2D eigenvalue weighted by Crippen LogP contribution is -2.48. The number of ether oxygens (including phenoxy) is 2. The largest absolute Gasteiger partial charge is 0.490 e. The highest BCUT2D eigenvalue weighted by atomic mass is 16.5. The summed E-state index contributed by atoms with van der Waals surface area (Å²) in [5.74, 6) is -0.0204. The Morgan fingerprint density at radius 3 is 2.54 bits per heavy atom. The molecule has 0 unspecified atom stereocenters. The van der Waals surface area contributed by atoms with E-state index >= 15 is 0 Å². The number of nitrogens with one attached hydrogen (secondary N) is 2. The number of hydrogen-bond donors (Lipinski definition) is 3. The van der Waals surface area contributed by atoms with E-state index < -0.39 is 12.1 Å². The Morgan fingerprint density at radius 2 is 1.78 bits per heavy atom. The number of carbonyl (C=O) groups excluding carboxylic acids is 3. The molecule has 4 atom stereocenters. The third-order valence-corrected chi connectivity index (χ3v) is 9.22. The van der Waals surface area contributed by atoms with Crippen molar-refractivity contribution in [2.75, 3.05) is 64.6 Å². The lowest BCUT2D eigenvalue weighted by Gasteiger charge is -2.36. The number of aliphatic hydroxyl groups is 1. The fourth-order valence-electron chi connectivity index (χ4n) is 6.19.